The van der Waals surface area contributed by atoms with E-state index in [4.69, 9.17) is 15.2 Å². The summed E-state index contributed by atoms with van der Waals surface area (Å²) in [4.78, 5) is 2.47. The number of benzene rings is 1. The van der Waals surface area contributed by atoms with Crippen molar-refractivity contribution in [3.8, 4) is 0 Å². The van der Waals surface area contributed by atoms with Crippen molar-refractivity contribution in [3.05, 3.63) is 29.8 Å². The Balaban J connectivity index is 1.81. The molecular weight excluding hydrogens is 252 g/mol. The summed E-state index contributed by atoms with van der Waals surface area (Å²) >= 11 is 0. The minimum Gasteiger partial charge on any atom is -0.382 e. The number of ether oxygens (including phenoxy) is 2. The first-order chi connectivity index (χ1) is 9.86. The summed E-state index contributed by atoms with van der Waals surface area (Å²) in [5.74, 6) is 0.589. The molecular formula is C16H26N2O2. The molecule has 4 nitrogen and oxygen atoms in total. The molecule has 0 spiro atoms. The number of rotatable bonds is 9. The maximum atomic E-state index is 5.73. The summed E-state index contributed by atoms with van der Waals surface area (Å²) in [6.45, 7) is 5.05. The first kappa shape index (κ1) is 15.3. The van der Waals surface area contributed by atoms with Crippen LogP contribution in [0.2, 0.25) is 0 Å². The Morgan fingerprint density at radius 2 is 2.10 bits per heavy atom. The molecule has 1 aliphatic heterocycles. The Kier molecular flexibility index (Phi) is 6.30. The second kappa shape index (κ2) is 8.25. The molecule has 1 aromatic rings. The fourth-order valence-corrected chi connectivity index (χ4v) is 2.84. The van der Waals surface area contributed by atoms with Crippen LogP contribution >= 0.6 is 0 Å². The number of fused-ring (bicyclic) bond motifs is 1. The van der Waals surface area contributed by atoms with Crippen molar-refractivity contribution in [2.45, 2.75) is 18.8 Å². The summed E-state index contributed by atoms with van der Waals surface area (Å²) in [6.07, 6.45) is 2.12. The van der Waals surface area contributed by atoms with E-state index in [1.165, 1.54) is 11.3 Å². The average Bonchev–Trinajstić information content (AvgIpc) is 2.82. The fourth-order valence-electron chi connectivity index (χ4n) is 2.84. The predicted molar refractivity (Wildman–Crippen MR) is 82.4 cm³/mol. The van der Waals surface area contributed by atoms with Crippen molar-refractivity contribution in [3.63, 3.8) is 0 Å². The molecule has 1 aromatic carbocycles. The summed E-state index contributed by atoms with van der Waals surface area (Å²) in [6, 6.07) is 8.70. The number of hydrogen-bond donors (Lipinski definition) is 1. The zero-order valence-electron chi connectivity index (χ0n) is 12.4. The van der Waals surface area contributed by atoms with Crippen molar-refractivity contribution in [2.75, 3.05) is 51.5 Å². The maximum absolute atomic E-state index is 5.73. The van der Waals surface area contributed by atoms with E-state index in [1.807, 2.05) is 0 Å². The molecule has 0 radical (unpaired) electrons. The topological polar surface area (TPSA) is 47.7 Å². The van der Waals surface area contributed by atoms with Crippen LogP contribution < -0.4 is 10.6 Å². The van der Waals surface area contributed by atoms with Crippen molar-refractivity contribution < 1.29 is 9.47 Å². The highest BCUT2D eigenvalue weighted by atomic mass is 16.5. The van der Waals surface area contributed by atoms with Crippen LogP contribution in [0.3, 0.4) is 0 Å². The molecule has 112 valence electrons. The summed E-state index contributed by atoms with van der Waals surface area (Å²) in [5, 5.41) is 0. The van der Waals surface area contributed by atoms with Gasteiger partial charge in [-0.2, -0.15) is 0 Å². The fraction of sp³-hybridized carbons (Fsp3) is 0.625. The van der Waals surface area contributed by atoms with Crippen LogP contribution in [-0.2, 0) is 9.47 Å². The Bertz CT molecular complexity index is 398. The molecule has 0 bridgehead atoms. The molecule has 0 saturated heterocycles. The standard InChI is InChI=1S/C16H26N2O2/c1-19-11-12-20-10-4-9-18-13-14(7-8-17)15-5-2-3-6-16(15)18/h2-3,5-6,14H,4,7-13,17H2,1H3. The zero-order valence-corrected chi connectivity index (χ0v) is 12.4. The van der Waals surface area contributed by atoms with Gasteiger partial charge in [0.1, 0.15) is 0 Å². The van der Waals surface area contributed by atoms with Crippen molar-refractivity contribution in [1.29, 1.82) is 0 Å². The zero-order chi connectivity index (χ0) is 14.2. The van der Waals surface area contributed by atoms with E-state index in [-0.39, 0.29) is 0 Å². The Hall–Kier alpha value is -1.10. The van der Waals surface area contributed by atoms with Gasteiger partial charge in [0.2, 0.25) is 0 Å². The van der Waals surface area contributed by atoms with Gasteiger partial charge in [-0.15, -0.1) is 0 Å². The van der Waals surface area contributed by atoms with Crippen LogP contribution in [-0.4, -0.2) is 46.6 Å². The molecule has 2 rings (SSSR count). The highest BCUT2D eigenvalue weighted by Gasteiger charge is 2.26. The molecule has 1 unspecified atom stereocenters. The summed E-state index contributed by atoms with van der Waals surface area (Å²) in [7, 11) is 1.70. The van der Waals surface area contributed by atoms with Crippen molar-refractivity contribution in [1.82, 2.24) is 0 Å². The number of anilines is 1. The minimum absolute atomic E-state index is 0.589. The summed E-state index contributed by atoms with van der Waals surface area (Å²) in [5.41, 5.74) is 8.56. The maximum Gasteiger partial charge on any atom is 0.0700 e. The third kappa shape index (κ3) is 3.95. The molecule has 4 heteroatoms. The monoisotopic (exact) mass is 278 g/mol. The van der Waals surface area contributed by atoms with Crippen LogP contribution in [0.4, 0.5) is 5.69 Å². The van der Waals surface area contributed by atoms with Gasteiger partial charge in [-0.05, 0) is 31.0 Å². The lowest BCUT2D eigenvalue weighted by atomic mass is 9.98. The lowest BCUT2D eigenvalue weighted by Crippen LogP contribution is -2.24. The lowest BCUT2D eigenvalue weighted by Gasteiger charge is -2.19. The van der Waals surface area contributed by atoms with E-state index in [0.717, 1.165) is 39.1 Å². The number of methoxy groups -OCH3 is 1. The minimum atomic E-state index is 0.589. The first-order valence-corrected chi connectivity index (χ1v) is 7.47. The highest BCUT2D eigenvalue weighted by Crippen LogP contribution is 2.37. The molecule has 0 fully saturated rings. The second-order valence-corrected chi connectivity index (χ2v) is 5.24. The van der Waals surface area contributed by atoms with Gasteiger partial charge in [0, 0.05) is 38.4 Å². The van der Waals surface area contributed by atoms with E-state index < -0.39 is 0 Å². The molecule has 1 heterocycles. The molecule has 1 atom stereocenters. The van der Waals surface area contributed by atoms with E-state index in [1.54, 1.807) is 7.11 Å². The normalized spacial score (nSPS) is 17.5. The van der Waals surface area contributed by atoms with E-state index in [2.05, 4.69) is 29.2 Å². The van der Waals surface area contributed by atoms with Gasteiger partial charge < -0.3 is 20.1 Å². The van der Waals surface area contributed by atoms with Gasteiger partial charge in [-0.25, -0.2) is 0 Å². The van der Waals surface area contributed by atoms with Crippen molar-refractivity contribution in [2.24, 2.45) is 5.73 Å². The second-order valence-electron chi connectivity index (χ2n) is 5.24. The Morgan fingerprint density at radius 3 is 2.90 bits per heavy atom. The first-order valence-electron chi connectivity index (χ1n) is 7.47. The predicted octanol–water partition coefficient (Wildman–Crippen LogP) is 1.99. The van der Waals surface area contributed by atoms with Crippen LogP contribution in [0.1, 0.15) is 24.3 Å². The highest BCUT2D eigenvalue weighted by molar-refractivity contribution is 5.60. The number of nitrogens with zero attached hydrogens (tertiary/aromatic N) is 1. The third-order valence-electron chi connectivity index (χ3n) is 3.82. The number of para-hydroxylation sites is 1. The number of hydrogen-bond acceptors (Lipinski definition) is 4. The average molecular weight is 278 g/mol. The van der Waals surface area contributed by atoms with Crippen molar-refractivity contribution >= 4 is 5.69 Å². The molecule has 0 aliphatic carbocycles. The van der Waals surface area contributed by atoms with Gasteiger partial charge in [-0.1, -0.05) is 18.2 Å². The molecule has 0 aromatic heterocycles. The summed E-state index contributed by atoms with van der Waals surface area (Å²) < 4.78 is 10.5. The van der Waals surface area contributed by atoms with E-state index in [9.17, 15) is 0 Å². The third-order valence-corrected chi connectivity index (χ3v) is 3.82. The van der Waals surface area contributed by atoms with Crippen LogP contribution in [0.5, 0.6) is 0 Å². The SMILES string of the molecule is COCCOCCCN1CC(CCN)c2ccccc21. The molecule has 20 heavy (non-hydrogen) atoms. The quantitative estimate of drug-likeness (QED) is 0.702. The largest absolute Gasteiger partial charge is 0.382 e. The van der Waals surface area contributed by atoms with Crippen LogP contribution in [0.15, 0.2) is 24.3 Å². The molecule has 1 aliphatic rings. The van der Waals surface area contributed by atoms with Crippen LogP contribution in [0, 0.1) is 0 Å². The van der Waals surface area contributed by atoms with Gasteiger partial charge in [0.25, 0.3) is 0 Å². The number of nitrogens with two attached hydrogens (primary N) is 1. The van der Waals surface area contributed by atoms with Gasteiger partial charge >= 0.3 is 0 Å². The van der Waals surface area contributed by atoms with E-state index in [0.29, 0.717) is 19.1 Å². The Labute approximate surface area is 121 Å². The molecule has 0 amide bonds. The van der Waals surface area contributed by atoms with Gasteiger partial charge in [0.15, 0.2) is 0 Å². The smallest absolute Gasteiger partial charge is 0.0700 e. The van der Waals surface area contributed by atoms with E-state index >= 15 is 0 Å². The molecule has 2 N–H and O–H groups in total. The molecule has 0 saturated carbocycles. The van der Waals surface area contributed by atoms with Gasteiger partial charge in [-0.3, -0.25) is 0 Å². The Morgan fingerprint density at radius 1 is 1.25 bits per heavy atom. The lowest BCUT2D eigenvalue weighted by molar-refractivity contribution is 0.0700. The van der Waals surface area contributed by atoms with Crippen LogP contribution in [0.25, 0.3) is 0 Å². The van der Waals surface area contributed by atoms with Gasteiger partial charge in [0.05, 0.1) is 13.2 Å².